The summed E-state index contributed by atoms with van der Waals surface area (Å²) < 4.78 is 2.00. The lowest BCUT2D eigenvalue weighted by molar-refractivity contribution is 0.718. The van der Waals surface area contributed by atoms with E-state index in [1.807, 2.05) is 10.2 Å². The standard InChI is InChI=1S/C5H10IN/c1-4-5(2)7(3)6/h2,4H2,1,3H3. The van der Waals surface area contributed by atoms with Crippen LogP contribution in [-0.4, -0.2) is 10.2 Å². The number of hydrogen-bond acceptors (Lipinski definition) is 1. The van der Waals surface area contributed by atoms with E-state index in [1.165, 1.54) is 5.70 Å². The average Bonchev–Trinajstić information content (AvgIpc) is 1.65. The van der Waals surface area contributed by atoms with E-state index in [-0.39, 0.29) is 0 Å². The maximum Gasteiger partial charge on any atom is 0.0585 e. The smallest absolute Gasteiger partial charge is 0.0585 e. The first-order chi connectivity index (χ1) is 3.18. The van der Waals surface area contributed by atoms with Gasteiger partial charge in [0.2, 0.25) is 0 Å². The van der Waals surface area contributed by atoms with E-state index < -0.39 is 0 Å². The molecule has 0 bridgehead atoms. The number of halogens is 1. The molecule has 0 spiro atoms. The van der Waals surface area contributed by atoms with Gasteiger partial charge in [0, 0.05) is 12.7 Å². The van der Waals surface area contributed by atoms with Gasteiger partial charge in [0.15, 0.2) is 0 Å². The number of hydrogen-bond donors (Lipinski definition) is 0. The van der Waals surface area contributed by atoms with Crippen molar-refractivity contribution in [1.82, 2.24) is 3.11 Å². The second-order valence-corrected chi connectivity index (χ2v) is 2.84. The first-order valence-corrected chi connectivity index (χ1v) is 3.22. The fourth-order valence-electron chi connectivity index (χ4n) is 0.218. The Morgan fingerprint density at radius 1 is 1.86 bits per heavy atom. The Morgan fingerprint density at radius 3 is 2.29 bits per heavy atom. The van der Waals surface area contributed by atoms with Gasteiger partial charge in [-0.2, -0.15) is 0 Å². The fraction of sp³-hybridized carbons (Fsp3) is 0.600. The third kappa shape index (κ3) is 2.91. The van der Waals surface area contributed by atoms with Crippen molar-refractivity contribution in [1.29, 1.82) is 0 Å². The fourth-order valence-corrected chi connectivity index (χ4v) is 0.559. The minimum atomic E-state index is 1.04. The third-order valence-corrected chi connectivity index (χ3v) is 1.53. The van der Waals surface area contributed by atoms with Gasteiger partial charge in [0.25, 0.3) is 0 Å². The first-order valence-electron chi connectivity index (χ1n) is 2.25. The highest BCUT2D eigenvalue weighted by atomic mass is 127. The molecular weight excluding hydrogens is 201 g/mol. The second kappa shape index (κ2) is 3.29. The lowest BCUT2D eigenvalue weighted by Gasteiger charge is -2.08. The molecule has 0 aromatic rings. The minimum absolute atomic E-state index is 1.04. The summed E-state index contributed by atoms with van der Waals surface area (Å²) in [6.45, 7) is 5.89. The summed E-state index contributed by atoms with van der Waals surface area (Å²) in [5.41, 5.74) is 1.17. The van der Waals surface area contributed by atoms with Crippen molar-refractivity contribution < 1.29 is 0 Å². The summed E-state index contributed by atoms with van der Waals surface area (Å²) in [5, 5.41) is 0. The number of rotatable bonds is 2. The molecule has 0 aliphatic carbocycles. The highest BCUT2D eigenvalue weighted by molar-refractivity contribution is 14.1. The zero-order valence-electron chi connectivity index (χ0n) is 4.74. The summed E-state index contributed by atoms with van der Waals surface area (Å²) >= 11 is 2.20. The molecule has 0 saturated heterocycles. The van der Waals surface area contributed by atoms with Crippen LogP contribution in [0.15, 0.2) is 12.3 Å². The van der Waals surface area contributed by atoms with Gasteiger partial charge in [-0.15, -0.1) is 0 Å². The molecule has 0 fully saturated rings. The van der Waals surface area contributed by atoms with Crippen LogP contribution in [0.25, 0.3) is 0 Å². The number of allylic oxidation sites excluding steroid dienone is 1. The van der Waals surface area contributed by atoms with Crippen LogP contribution in [0.3, 0.4) is 0 Å². The molecule has 2 heteroatoms. The van der Waals surface area contributed by atoms with Gasteiger partial charge < -0.3 is 3.11 Å². The molecule has 0 aromatic heterocycles. The summed E-state index contributed by atoms with van der Waals surface area (Å²) in [7, 11) is 1.99. The Morgan fingerprint density at radius 2 is 2.29 bits per heavy atom. The van der Waals surface area contributed by atoms with Crippen molar-refractivity contribution in [2.45, 2.75) is 13.3 Å². The molecule has 0 aromatic carbocycles. The molecule has 0 unspecified atom stereocenters. The molecule has 0 radical (unpaired) electrons. The van der Waals surface area contributed by atoms with Gasteiger partial charge in [0.05, 0.1) is 22.9 Å². The highest BCUT2D eigenvalue weighted by Gasteiger charge is 1.89. The van der Waals surface area contributed by atoms with E-state index in [1.54, 1.807) is 0 Å². The van der Waals surface area contributed by atoms with E-state index in [0.29, 0.717) is 0 Å². The van der Waals surface area contributed by atoms with Gasteiger partial charge in [-0.05, 0) is 6.42 Å². The molecule has 0 aliphatic heterocycles. The molecule has 0 N–H and O–H groups in total. The van der Waals surface area contributed by atoms with Gasteiger partial charge in [-0.3, -0.25) is 0 Å². The Labute approximate surface area is 58.9 Å². The second-order valence-electron chi connectivity index (χ2n) is 1.40. The lowest BCUT2D eigenvalue weighted by Crippen LogP contribution is -1.99. The third-order valence-electron chi connectivity index (χ3n) is 0.844. The topological polar surface area (TPSA) is 3.24 Å². The van der Waals surface area contributed by atoms with E-state index in [4.69, 9.17) is 0 Å². The zero-order chi connectivity index (χ0) is 5.86. The molecule has 0 heterocycles. The monoisotopic (exact) mass is 211 g/mol. The van der Waals surface area contributed by atoms with Crippen LogP contribution >= 0.6 is 22.9 Å². The van der Waals surface area contributed by atoms with E-state index in [0.717, 1.165) is 6.42 Å². The van der Waals surface area contributed by atoms with Crippen molar-refractivity contribution in [3.63, 3.8) is 0 Å². The van der Waals surface area contributed by atoms with E-state index in [2.05, 4.69) is 36.4 Å². The average molecular weight is 211 g/mol. The molecule has 1 nitrogen and oxygen atoms in total. The molecule has 0 atom stereocenters. The summed E-state index contributed by atoms with van der Waals surface area (Å²) in [6.07, 6.45) is 1.04. The van der Waals surface area contributed by atoms with Crippen LogP contribution < -0.4 is 0 Å². The molecule has 7 heavy (non-hydrogen) atoms. The van der Waals surface area contributed by atoms with Crippen LogP contribution in [0.2, 0.25) is 0 Å². The Hall–Kier alpha value is 0.270. The highest BCUT2D eigenvalue weighted by Crippen LogP contribution is 2.06. The van der Waals surface area contributed by atoms with Gasteiger partial charge in [-0.1, -0.05) is 13.5 Å². The van der Waals surface area contributed by atoms with Crippen LogP contribution in [0, 0.1) is 0 Å². The largest absolute Gasteiger partial charge is 0.322 e. The van der Waals surface area contributed by atoms with Crippen molar-refractivity contribution in [3.8, 4) is 0 Å². The van der Waals surface area contributed by atoms with Crippen molar-refractivity contribution in [3.05, 3.63) is 12.3 Å². The van der Waals surface area contributed by atoms with Crippen LogP contribution in [0.1, 0.15) is 13.3 Å². The lowest BCUT2D eigenvalue weighted by atomic mass is 10.4. The normalized spacial score (nSPS) is 8.43. The SMILES string of the molecule is C=C(CC)N(C)I. The summed E-state index contributed by atoms with van der Waals surface area (Å²) in [5.74, 6) is 0. The molecule has 0 saturated carbocycles. The predicted octanol–water partition coefficient (Wildman–Crippen LogP) is 2.19. The van der Waals surface area contributed by atoms with Crippen molar-refractivity contribution >= 4 is 22.9 Å². The maximum atomic E-state index is 3.79. The summed E-state index contributed by atoms with van der Waals surface area (Å²) in [4.78, 5) is 0. The Bertz CT molecular complexity index is 68.5. The van der Waals surface area contributed by atoms with Crippen molar-refractivity contribution in [2.24, 2.45) is 0 Å². The minimum Gasteiger partial charge on any atom is -0.322 e. The molecular formula is C5H10IN. The Kier molecular flexibility index (Phi) is 3.42. The summed E-state index contributed by atoms with van der Waals surface area (Å²) in [6, 6.07) is 0. The Balaban J connectivity index is 3.35. The molecule has 0 aliphatic rings. The first kappa shape index (κ1) is 7.27. The van der Waals surface area contributed by atoms with Crippen LogP contribution in [0.4, 0.5) is 0 Å². The van der Waals surface area contributed by atoms with Crippen LogP contribution in [0.5, 0.6) is 0 Å². The van der Waals surface area contributed by atoms with E-state index >= 15 is 0 Å². The predicted molar refractivity (Wildman–Crippen MR) is 41.2 cm³/mol. The van der Waals surface area contributed by atoms with E-state index in [9.17, 15) is 0 Å². The van der Waals surface area contributed by atoms with Crippen molar-refractivity contribution in [2.75, 3.05) is 7.05 Å². The van der Waals surface area contributed by atoms with Gasteiger partial charge in [-0.25, -0.2) is 0 Å². The van der Waals surface area contributed by atoms with Gasteiger partial charge >= 0.3 is 0 Å². The van der Waals surface area contributed by atoms with Crippen LogP contribution in [-0.2, 0) is 0 Å². The van der Waals surface area contributed by atoms with Gasteiger partial charge in [0.1, 0.15) is 0 Å². The molecule has 42 valence electrons. The molecule has 0 rings (SSSR count). The quantitative estimate of drug-likeness (QED) is 0.499. The maximum absolute atomic E-state index is 3.79. The zero-order valence-corrected chi connectivity index (χ0v) is 6.90. The number of nitrogens with zero attached hydrogens (tertiary/aromatic N) is 1. The molecule has 0 amide bonds.